The van der Waals surface area contributed by atoms with Crippen LogP contribution in [0.5, 0.6) is 0 Å². The van der Waals surface area contributed by atoms with Crippen molar-refractivity contribution >= 4 is 23.8 Å². The minimum Gasteiger partial charge on any atom is -0.444 e. The molecule has 1 aromatic rings. The highest BCUT2D eigenvalue weighted by atomic mass is 16.6. The summed E-state index contributed by atoms with van der Waals surface area (Å²) in [5, 5.41) is 0. The van der Waals surface area contributed by atoms with Crippen LogP contribution in [0.3, 0.4) is 0 Å². The summed E-state index contributed by atoms with van der Waals surface area (Å²) in [7, 11) is 1.95. The molecular formula is C15H20N2O4. The van der Waals surface area contributed by atoms with Gasteiger partial charge in [-0.25, -0.2) is 4.79 Å². The molecule has 6 nitrogen and oxygen atoms in total. The van der Waals surface area contributed by atoms with Gasteiger partial charge < -0.3 is 19.2 Å². The molecule has 1 aliphatic rings. The van der Waals surface area contributed by atoms with Crippen LogP contribution in [0.25, 0.3) is 0 Å². The Kier molecular flexibility index (Phi) is 5.16. The first kappa shape index (κ1) is 15.3. The second kappa shape index (κ2) is 7.08. The van der Waals surface area contributed by atoms with Crippen LogP contribution in [-0.4, -0.2) is 51.8 Å². The first-order valence-electron chi connectivity index (χ1n) is 6.92. The minimum atomic E-state index is -0.300. The summed E-state index contributed by atoms with van der Waals surface area (Å²) in [6.07, 6.45) is 0.367. The summed E-state index contributed by atoms with van der Waals surface area (Å²) in [5.41, 5.74) is 1.85. The number of benzene rings is 1. The Morgan fingerprint density at radius 1 is 1.43 bits per heavy atom. The Hall–Kier alpha value is -2.08. The second-order valence-corrected chi connectivity index (χ2v) is 4.98. The van der Waals surface area contributed by atoms with Crippen molar-refractivity contribution in [3.05, 3.63) is 24.3 Å². The lowest BCUT2D eigenvalue weighted by Crippen LogP contribution is -2.25. The van der Waals surface area contributed by atoms with Crippen molar-refractivity contribution < 1.29 is 19.1 Å². The zero-order chi connectivity index (χ0) is 15.2. The van der Waals surface area contributed by atoms with Gasteiger partial charge in [-0.15, -0.1) is 0 Å². The van der Waals surface area contributed by atoms with E-state index in [2.05, 4.69) is 0 Å². The zero-order valence-electron chi connectivity index (χ0n) is 12.3. The van der Waals surface area contributed by atoms with E-state index in [0.29, 0.717) is 19.7 Å². The number of amides is 1. The normalized spacial score (nSPS) is 17.7. The van der Waals surface area contributed by atoms with Gasteiger partial charge >= 0.3 is 6.09 Å². The van der Waals surface area contributed by atoms with Gasteiger partial charge in [-0.3, -0.25) is 4.90 Å². The van der Waals surface area contributed by atoms with E-state index in [1.807, 2.05) is 43.1 Å². The third-order valence-corrected chi connectivity index (χ3v) is 3.32. The minimum absolute atomic E-state index is 0.0742. The van der Waals surface area contributed by atoms with Gasteiger partial charge in [0.05, 0.1) is 13.2 Å². The van der Waals surface area contributed by atoms with E-state index in [9.17, 15) is 9.59 Å². The SMILES string of the molecule is CC1CN(c2ccc(N(C)CCOCC=O)cc2)C(=O)O1. The van der Waals surface area contributed by atoms with Crippen LogP contribution < -0.4 is 9.80 Å². The first-order chi connectivity index (χ1) is 10.1. The number of carbonyl (C=O) groups is 2. The van der Waals surface area contributed by atoms with Crippen LogP contribution in [0.15, 0.2) is 24.3 Å². The van der Waals surface area contributed by atoms with Gasteiger partial charge in [0, 0.05) is 25.0 Å². The topological polar surface area (TPSA) is 59.1 Å². The molecule has 0 radical (unpaired) electrons. The summed E-state index contributed by atoms with van der Waals surface area (Å²) >= 11 is 0. The Balaban J connectivity index is 1.92. The quantitative estimate of drug-likeness (QED) is 0.565. The maximum Gasteiger partial charge on any atom is 0.414 e. The lowest BCUT2D eigenvalue weighted by atomic mass is 10.2. The fraction of sp³-hybridized carbons (Fsp3) is 0.467. The largest absolute Gasteiger partial charge is 0.444 e. The number of likely N-dealkylation sites (N-methyl/N-ethyl adjacent to an activating group) is 1. The van der Waals surface area contributed by atoms with Gasteiger partial charge in [0.1, 0.15) is 19.0 Å². The van der Waals surface area contributed by atoms with Crippen molar-refractivity contribution in [1.82, 2.24) is 0 Å². The van der Waals surface area contributed by atoms with Crippen molar-refractivity contribution in [2.45, 2.75) is 13.0 Å². The molecule has 2 rings (SSSR count). The zero-order valence-corrected chi connectivity index (χ0v) is 12.3. The standard InChI is InChI=1S/C15H20N2O4/c1-12-11-17(15(19)21-12)14-5-3-13(4-6-14)16(2)7-9-20-10-8-18/h3-6,8,12H,7,9-11H2,1-2H3. The van der Waals surface area contributed by atoms with E-state index in [1.165, 1.54) is 0 Å². The molecule has 1 aromatic carbocycles. The van der Waals surface area contributed by atoms with E-state index < -0.39 is 0 Å². The molecule has 1 aliphatic heterocycles. The van der Waals surface area contributed by atoms with Crippen LogP contribution in [0.4, 0.5) is 16.2 Å². The van der Waals surface area contributed by atoms with Gasteiger partial charge in [0.15, 0.2) is 0 Å². The summed E-state index contributed by atoms with van der Waals surface area (Å²) < 4.78 is 10.2. The molecule has 1 amide bonds. The third kappa shape index (κ3) is 3.95. The lowest BCUT2D eigenvalue weighted by Gasteiger charge is -2.20. The number of anilines is 2. The fourth-order valence-corrected chi connectivity index (χ4v) is 2.16. The highest BCUT2D eigenvalue weighted by Crippen LogP contribution is 2.24. The number of ether oxygens (including phenoxy) is 2. The van der Waals surface area contributed by atoms with Crippen LogP contribution >= 0.6 is 0 Å². The van der Waals surface area contributed by atoms with Crippen molar-refractivity contribution in [1.29, 1.82) is 0 Å². The molecule has 1 saturated heterocycles. The lowest BCUT2D eigenvalue weighted by molar-refractivity contribution is -0.111. The maximum absolute atomic E-state index is 11.7. The van der Waals surface area contributed by atoms with Crippen LogP contribution in [-0.2, 0) is 14.3 Å². The summed E-state index contributed by atoms with van der Waals surface area (Å²) in [5.74, 6) is 0. The van der Waals surface area contributed by atoms with E-state index in [4.69, 9.17) is 9.47 Å². The van der Waals surface area contributed by atoms with Gasteiger partial charge in [-0.2, -0.15) is 0 Å². The Morgan fingerprint density at radius 2 is 2.14 bits per heavy atom. The second-order valence-electron chi connectivity index (χ2n) is 4.98. The van der Waals surface area contributed by atoms with E-state index in [-0.39, 0.29) is 18.8 Å². The summed E-state index contributed by atoms with van der Waals surface area (Å²) in [4.78, 5) is 25.5. The Labute approximate surface area is 124 Å². The number of aldehydes is 1. The van der Waals surface area contributed by atoms with Crippen molar-refractivity contribution in [3.8, 4) is 0 Å². The molecule has 1 unspecified atom stereocenters. The Morgan fingerprint density at radius 3 is 2.71 bits per heavy atom. The number of carbonyl (C=O) groups excluding carboxylic acids is 2. The molecule has 1 heterocycles. The van der Waals surface area contributed by atoms with Crippen molar-refractivity contribution in [2.75, 3.05) is 43.2 Å². The molecular weight excluding hydrogens is 272 g/mol. The number of nitrogens with zero attached hydrogens (tertiary/aromatic N) is 2. The molecule has 1 atom stereocenters. The highest BCUT2D eigenvalue weighted by molar-refractivity contribution is 5.89. The van der Waals surface area contributed by atoms with Gasteiger partial charge in [-0.05, 0) is 31.2 Å². The average Bonchev–Trinajstić information content (AvgIpc) is 2.82. The molecule has 21 heavy (non-hydrogen) atoms. The van der Waals surface area contributed by atoms with Crippen molar-refractivity contribution in [2.24, 2.45) is 0 Å². The summed E-state index contributed by atoms with van der Waals surface area (Å²) in [6.45, 7) is 3.76. The highest BCUT2D eigenvalue weighted by Gasteiger charge is 2.29. The number of cyclic esters (lactones) is 1. The monoisotopic (exact) mass is 292 g/mol. The predicted octanol–water partition coefficient (Wildman–Crippen LogP) is 1.68. The number of hydrogen-bond donors (Lipinski definition) is 0. The molecule has 6 heteroatoms. The number of hydrogen-bond acceptors (Lipinski definition) is 5. The van der Waals surface area contributed by atoms with Gasteiger partial charge in [0.25, 0.3) is 0 Å². The molecule has 0 aromatic heterocycles. The third-order valence-electron chi connectivity index (χ3n) is 3.32. The molecule has 114 valence electrons. The van der Waals surface area contributed by atoms with E-state index >= 15 is 0 Å². The van der Waals surface area contributed by atoms with Gasteiger partial charge in [-0.1, -0.05) is 0 Å². The molecule has 0 N–H and O–H groups in total. The molecule has 0 spiro atoms. The number of rotatable bonds is 7. The Bertz CT molecular complexity index is 489. The van der Waals surface area contributed by atoms with Crippen LogP contribution in [0.2, 0.25) is 0 Å². The first-order valence-corrected chi connectivity index (χ1v) is 6.92. The van der Waals surface area contributed by atoms with Crippen molar-refractivity contribution in [3.63, 3.8) is 0 Å². The average molecular weight is 292 g/mol. The fourth-order valence-electron chi connectivity index (χ4n) is 2.16. The van der Waals surface area contributed by atoms with E-state index in [0.717, 1.165) is 17.7 Å². The van der Waals surface area contributed by atoms with Crippen LogP contribution in [0, 0.1) is 0 Å². The molecule has 1 fully saturated rings. The maximum atomic E-state index is 11.7. The smallest absolute Gasteiger partial charge is 0.414 e. The van der Waals surface area contributed by atoms with Crippen LogP contribution in [0.1, 0.15) is 6.92 Å². The predicted molar refractivity (Wildman–Crippen MR) is 79.9 cm³/mol. The van der Waals surface area contributed by atoms with Gasteiger partial charge in [0.2, 0.25) is 0 Å². The summed E-state index contributed by atoms with van der Waals surface area (Å²) in [6, 6.07) is 7.70. The molecule has 0 saturated carbocycles. The van der Waals surface area contributed by atoms with E-state index in [1.54, 1.807) is 4.90 Å². The molecule has 0 bridgehead atoms. The molecule has 0 aliphatic carbocycles.